The Balaban J connectivity index is 2.16. The van der Waals surface area contributed by atoms with Crippen molar-refractivity contribution in [1.29, 1.82) is 0 Å². The van der Waals surface area contributed by atoms with Crippen molar-refractivity contribution in [1.82, 2.24) is 19.7 Å². The standard InChI is InChI=1S/C17H30N4O9S3/c1-3-18-14-12-20(8-6-9-29-2)33(27,28)17-13(14)11-16(31-17)32(25,26)19-15(22)7-4-5-10-30-21(23)24/h11,14,18,23-24H,3-10,12H2,1-2H3,(H,19,22)/t14-/m0/s1. The Bertz CT molecular complexity index is 995. The van der Waals surface area contributed by atoms with Crippen LogP contribution >= 0.6 is 11.3 Å². The van der Waals surface area contributed by atoms with Crippen LogP contribution in [0.5, 0.6) is 0 Å². The summed E-state index contributed by atoms with van der Waals surface area (Å²) >= 11 is 0.614. The number of amides is 1. The summed E-state index contributed by atoms with van der Waals surface area (Å²) in [6, 6.07) is 0.919. The number of carbonyl (C=O) groups excluding carboxylic acids is 1. The zero-order chi connectivity index (χ0) is 24.6. The fourth-order valence-electron chi connectivity index (χ4n) is 3.26. The summed E-state index contributed by atoms with van der Waals surface area (Å²) in [4.78, 5) is 16.4. The maximum Gasteiger partial charge on any atom is 0.273 e. The highest BCUT2D eigenvalue weighted by molar-refractivity contribution is 7.94. The summed E-state index contributed by atoms with van der Waals surface area (Å²) in [5.41, 5.74) is 0.368. The van der Waals surface area contributed by atoms with E-state index in [1.807, 2.05) is 11.6 Å². The van der Waals surface area contributed by atoms with E-state index in [4.69, 9.17) is 15.2 Å². The molecule has 0 aromatic carbocycles. The highest BCUT2D eigenvalue weighted by Crippen LogP contribution is 2.40. The fourth-order valence-corrected chi connectivity index (χ4v) is 8.16. The number of thiophene rings is 1. The van der Waals surface area contributed by atoms with Crippen LogP contribution in [-0.4, -0.2) is 82.8 Å². The highest BCUT2D eigenvalue weighted by atomic mass is 32.3. The molecular weight excluding hydrogens is 500 g/mol. The number of carbonyl (C=O) groups is 1. The van der Waals surface area contributed by atoms with Gasteiger partial charge in [0.15, 0.2) is 0 Å². The topological polar surface area (TPSA) is 175 Å². The van der Waals surface area contributed by atoms with E-state index in [-0.39, 0.29) is 53.4 Å². The molecule has 1 amide bonds. The van der Waals surface area contributed by atoms with Gasteiger partial charge in [0.25, 0.3) is 20.0 Å². The number of nitrogens with zero attached hydrogens (tertiary/aromatic N) is 2. The predicted molar refractivity (Wildman–Crippen MR) is 117 cm³/mol. The van der Waals surface area contributed by atoms with E-state index in [2.05, 4.69) is 10.2 Å². The first-order valence-corrected chi connectivity index (χ1v) is 14.0. The lowest BCUT2D eigenvalue weighted by molar-refractivity contribution is -0.492. The number of likely N-dealkylation sites (N-methyl/N-ethyl adjacent to an activating group) is 1. The van der Waals surface area contributed by atoms with E-state index in [9.17, 15) is 21.6 Å². The van der Waals surface area contributed by atoms with Crippen LogP contribution in [0.3, 0.4) is 0 Å². The first kappa shape index (κ1) is 28.0. The third kappa shape index (κ3) is 7.64. The molecule has 4 N–H and O–H groups in total. The Kier molecular flexibility index (Phi) is 10.6. The monoisotopic (exact) mass is 530 g/mol. The van der Waals surface area contributed by atoms with Crippen LogP contribution in [0, 0.1) is 0 Å². The molecule has 2 rings (SSSR count). The van der Waals surface area contributed by atoms with E-state index in [0.29, 0.717) is 36.5 Å². The quantitative estimate of drug-likeness (QED) is 0.194. The van der Waals surface area contributed by atoms with Crippen molar-refractivity contribution >= 4 is 37.3 Å². The first-order chi connectivity index (χ1) is 15.5. The van der Waals surface area contributed by atoms with Crippen LogP contribution in [0.1, 0.15) is 44.2 Å². The fraction of sp³-hybridized carbons (Fsp3) is 0.706. The Hall–Kier alpha value is -1.21. The maximum absolute atomic E-state index is 13.1. The second-order valence-corrected chi connectivity index (χ2v) is 12.3. The highest BCUT2D eigenvalue weighted by Gasteiger charge is 2.40. The lowest BCUT2D eigenvalue weighted by Crippen LogP contribution is -2.43. The number of ether oxygens (including phenoxy) is 1. The molecule has 0 fully saturated rings. The zero-order valence-electron chi connectivity index (χ0n) is 18.4. The van der Waals surface area contributed by atoms with Crippen molar-refractivity contribution in [3.05, 3.63) is 11.6 Å². The number of nitrogens with one attached hydrogen (secondary N) is 2. The van der Waals surface area contributed by atoms with Crippen LogP contribution < -0.4 is 10.0 Å². The number of fused-ring (bicyclic) bond motifs is 1. The summed E-state index contributed by atoms with van der Waals surface area (Å²) < 4.78 is 59.6. The smallest absolute Gasteiger partial charge is 0.273 e. The van der Waals surface area contributed by atoms with E-state index < -0.39 is 31.3 Å². The van der Waals surface area contributed by atoms with Crippen molar-refractivity contribution in [2.75, 3.05) is 40.0 Å². The van der Waals surface area contributed by atoms with Crippen molar-refractivity contribution in [3.8, 4) is 0 Å². The summed E-state index contributed by atoms with van der Waals surface area (Å²) in [6.07, 6.45) is 0.871. The number of sulfonamides is 2. The normalized spacial score (nSPS) is 18.4. The van der Waals surface area contributed by atoms with Crippen molar-refractivity contribution < 1.29 is 41.6 Å². The summed E-state index contributed by atoms with van der Waals surface area (Å²) in [5.74, 6) is -0.765. The van der Waals surface area contributed by atoms with Gasteiger partial charge < -0.3 is 10.1 Å². The molecule has 1 aliphatic rings. The molecule has 1 aromatic heterocycles. The van der Waals surface area contributed by atoms with Gasteiger partial charge in [-0.05, 0) is 31.9 Å². The molecule has 1 aliphatic heterocycles. The van der Waals surface area contributed by atoms with Crippen molar-refractivity contribution in [2.45, 2.75) is 47.1 Å². The molecule has 0 aliphatic carbocycles. The molecule has 13 nitrogen and oxygen atoms in total. The van der Waals surface area contributed by atoms with E-state index in [1.54, 1.807) is 0 Å². The average Bonchev–Trinajstić information content (AvgIpc) is 3.19. The lowest BCUT2D eigenvalue weighted by atomic mass is 10.1. The summed E-state index contributed by atoms with van der Waals surface area (Å²) in [7, 11) is -6.63. The maximum atomic E-state index is 13.1. The molecular formula is C17H30N4O9S3. The van der Waals surface area contributed by atoms with Gasteiger partial charge in [0, 0.05) is 44.8 Å². The minimum Gasteiger partial charge on any atom is -0.385 e. The SMILES string of the molecule is CCN[C@H]1CN(CCCOC)S(=O)(=O)c2sc(S(=O)(=O)NC(=O)CCCCON(O)O)cc21. The molecule has 33 heavy (non-hydrogen) atoms. The third-order valence-electron chi connectivity index (χ3n) is 4.76. The molecule has 0 unspecified atom stereocenters. The third-order valence-corrected chi connectivity index (χ3v) is 10.2. The molecule has 0 radical (unpaired) electrons. The largest absolute Gasteiger partial charge is 0.385 e. The predicted octanol–water partition coefficient (Wildman–Crippen LogP) is 0.427. The number of methoxy groups -OCH3 is 1. The van der Waals surface area contributed by atoms with Crippen molar-refractivity contribution in [3.63, 3.8) is 0 Å². The molecule has 2 heterocycles. The minimum atomic E-state index is -4.27. The molecule has 1 aromatic rings. The number of hydrogen-bond acceptors (Lipinski definition) is 12. The Labute approximate surface area is 197 Å². The van der Waals surface area contributed by atoms with Gasteiger partial charge in [0.2, 0.25) is 5.91 Å². The van der Waals surface area contributed by atoms with Crippen LogP contribution in [0.4, 0.5) is 0 Å². The van der Waals surface area contributed by atoms with Gasteiger partial charge in [-0.15, -0.1) is 11.3 Å². The molecule has 16 heteroatoms. The van der Waals surface area contributed by atoms with E-state index >= 15 is 0 Å². The van der Waals surface area contributed by atoms with Gasteiger partial charge in [-0.3, -0.25) is 20.0 Å². The van der Waals surface area contributed by atoms with Crippen molar-refractivity contribution in [2.24, 2.45) is 0 Å². The van der Waals surface area contributed by atoms with Gasteiger partial charge in [0.1, 0.15) is 8.42 Å². The lowest BCUT2D eigenvalue weighted by Gasteiger charge is -2.32. The Morgan fingerprint density at radius 3 is 2.67 bits per heavy atom. The minimum absolute atomic E-state index is 0.0559. The number of hydrogen-bond donors (Lipinski definition) is 4. The molecule has 0 spiro atoms. The van der Waals surface area contributed by atoms with Crippen LogP contribution in [0.2, 0.25) is 0 Å². The number of rotatable bonds is 14. The van der Waals surface area contributed by atoms with E-state index in [0.717, 1.165) is 0 Å². The molecule has 0 saturated carbocycles. The second kappa shape index (κ2) is 12.5. The van der Waals surface area contributed by atoms with Gasteiger partial charge >= 0.3 is 0 Å². The van der Waals surface area contributed by atoms with Gasteiger partial charge in [0.05, 0.1) is 12.0 Å². The van der Waals surface area contributed by atoms with Crippen LogP contribution in [0.25, 0.3) is 0 Å². The zero-order valence-corrected chi connectivity index (χ0v) is 20.8. The second-order valence-electron chi connectivity index (χ2n) is 7.20. The van der Waals surface area contributed by atoms with Crippen LogP contribution in [0.15, 0.2) is 14.5 Å². The van der Waals surface area contributed by atoms with Gasteiger partial charge in [-0.25, -0.2) is 21.6 Å². The summed E-state index contributed by atoms with van der Waals surface area (Å²) in [5, 5.41) is 19.6. The van der Waals surface area contributed by atoms with Crippen LogP contribution in [-0.2, 0) is 34.4 Å². The Morgan fingerprint density at radius 2 is 2.03 bits per heavy atom. The average molecular weight is 531 g/mol. The molecule has 190 valence electrons. The van der Waals surface area contributed by atoms with Gasteiger partial charge in [-0.1, -0.05) is 6.92 Å². The molecule has 1 atom stereocenters. The van der Waals surface area contributed by atoms with E-state index in [1.165, 1.54) is 17.5 Å². The number of unbranched alkanes of at least 4 members (excludes halogenated alkanes) is 1. The molecule has 0 bridgehead atoms. The summed E-state index contributed by atoms with van der Waals surface area (Å²) in [6.45, 7) is 3.14. The van der Waals surface area contributed by atoms with Gasteiger partial charge in [-0.2, -0.15) is 4.31 Å². The first-order valence-electron chi connectivity index (χ1n) is 10.3. The molecule has 0 saturated heterocycles. The Morgan fingerprint density at radius 1 is 1.30 bits per heavy atom.